The van der Waals surface area contributed by atoms with Gasteiger partial charge in [0.2, 0.25) is 6.29 Å². The Bertz CT molecular complexity index is 1090. The largest absolute Gasteiger partial charge is 0.508 e. The van der Waals surface area contributed by atoms with Gasteiger partial charge < -0.3 is 59.4 Å². The lowest BCUT2D eigenvalue weighted by Gasteiger charge is -2.40. The number of phenols is 1. The molecule has 7 N–H and O–H groups in total. The maximum atomic E-state index is 10.5. The molecule has 208 valence electrons. The van der Waals surface area contributed by atoms with Crippen molar-refractivity contribution in [1.29, 1.82) is 0 Å². The third-order valence-corrected chi connectivity index (χ3v) is 6.42. The quantitative estimate of drug-likeness (QED) is 0.198. The monoisotopic (exact) mass is 536 g/mol. The van der Waals surface area contributed by atoms with Crippen LogP contribution in [-0.4, -0.2) is 111 Å². The number of aromatic hydroxyl groups is 1. The Labute approximate surface area is 218 Å². The van der Waals surface area contributed by atoms with Gasteiger partial charge in [-0.05, 0) is 35.4 Å². The minimum absolute atomic E-state index is 0.153. The first kappa shape index (κ1) is 28.2. The van der Waals surface area contributed by atoms with Crippen LogP contribution >= 0.6 is 0 Å². The Hall–Kier alpha value is -2.78. The Morgan fingerprint density at radius 3 is 2.26 bits per heavy atom. The summed E-state index contributed by atoms with van der Waals surface area (Å²) < 4.78 is 27.4. The molecule has 8 atom stereocenters. The second-order valence-corrected chi connectivity index (χ2v) is 9.22. The Morgan fingerprint density at radius 1 is 0.921 bits per heavy atom. The molecule has 38 heavy (non-hydrogen) atoms. The van der Waals surface area contributed by atoms with Crippen LogP contribution in [-0.2, 0) is 14.2 Å². The SMILES string of the molecule is COc1cc(C=Cc2ccc(O)cc2)cc(O[C@@H]2O[C@H](CO[C@@H]3OC[C@](O)(CO)[C@H]3O)[C@@H](O)[C@H](O)[C@H]2O)c1. The molecule has 2 aromatic rings. The first-order chi connectivity index (χ1) is 18.1. The number of aliphatic hydroxyl groups excluding tert-OH is 5. The van der Waals surface area contributed by atoms with Gasteiger partial charge in [-0.25, -0.2) is 0 Å². The van der Waals surface area contributed by atoms with Crippen LogP contribution in [0.1, 0.15) is 11.1 Å². The second-order valence-electron chi connectivity index (χ2n) is 9.22. The molecule has 2 heterocycles. The molecule has 0 amide bonds. The Morgan fingerprint density at radius 2 is 1.61 bits per heavy atom. The van der Waals surface area contributed by atoms with E-state index in [-0.39, 0.29) is 18.1 Å². The summed E-state index contributed by atoms with van der Waals surface area (Å²) in [5.74, 6) is 0.840. The summed E-state index contributed by atoms with van der Waals surface area (Å²) >= 11 is 0. The fourth-order valence-corrected chi connectivity index (χ4v) is 4.06. The normalized spacial score (nSPS) is 33.5. The molecule has 0 aliphatic carbocycles. The lowest BCUT2D eigenvalue weighted by Crippen LogP contribution is -2.60. The van der Waals surface area contributed by atoms with Gasteiger partial charge in [0.05, 0.1) is 26.9 Å². The number of phenolic OH excluding ortho intramolecular Hbond substituents is 1. The van der Waals surface area contributed by atoms with Crippen molar-refractivity contribution in [3.63, 3.8) is 0 Å². The molecule has 0 radical (unpaired) electrons. The summed E-state index contributed by atoms with van der Waals surface area (Å²) in [4.78, 5) is 0. The van der Waals surface area contributed by atoms with Gasteiger partial charge in [0.15, 0.2) is 6.29 Å². The van der Waals surface area contributed by atoms with Gasteiger partial charge in [-0.15, -0.1) is 0 Å². The first-order valence-electron chi connectivity index (χ1n) is 11.9. The Kier molecular flexibility index (Phi) is 8.88. The second kappa shape index (κ2) is 11.9. The topological polar surface area (TPSA) is 188 Å². The molecule has 12 heteroatoms. The lowest BCUT2D eigenvalue weighted by atomic mass is 9.99. The summed E-state index contributed by atoms with van der Waals surface area (Å²) in [6, 6.07) is 11.6. The molecule has 2 fully saturated rings. The van der Waals surface area contributed by atoms with Crippen molar-refractivity contribution < 1.29 is 59.4 Å². The molecule has 2 aromatic carbocycles. The van der Waals surface area contributed by atoms with Gasteiger partial charge in [-0.1, -0.05) is 24.3 Å². The average Bonchev–Trinajstić information content (AvgIpc) is 3.21. The van der Waals surface area contributed by atoms with Crippen molar-refractivity contribution in [2.75, 3.05) is 26.9 Å². The highest BCUT2D eigenvalue weighted by Gasteiger charge is 2.50. The number of methoxy groups -OCH3 is 1. The van der Waals surface area contributed by atoms with Crippen LogP contribution in [0.15, 0.2) is 42.5 Å². The molecule has 12 nitrogen and oxygen atoms in total. The summed E-state index contributed by atoms with van der Waals surface area (Å²) in [7, 11) is 1.48. The van der Waals surface area contributed by atoms with Crippen molar-refractivity contribution in [2.24, 2.45) is 0 Å². The highest BCUT2D eigenvalue weighted by Crippen LogP contribution is 2.30. The van der Waals surface area contributed by atoms with E-state index in [2.05, 4.69) is 0 Å². The molecular weight excluding hydrogens is 504 g/mol. The van der Waals surface area contributed by atoms with E-state index < -0.39 is 61.9 Å². The number of benzene rings is 2. The summed E-state index contributed by atoms with van der Waals surface area (Å²) in [5, 5.41) is 70.2. The molecule has 2 saturated heterocycles. The molecule has 0 spiro atoms. The fraction of sp³-hybridized carbons (Fsp3) is 0.462. The minimum atomic E-state index is -1.89. The zero-order valence-electron chi connectivity index (χ0n) is 20.5. The predicted octanol–water partition coefficient (Wildman–Crippen LogP) is -0.785. The van der Waals surface area contributed by atoms with Crippen molar-refractivity contribution >= 4 is 12.2 Å². The number of hydrogen-bond donors (Lipinski definition) is 7. The zero-order chi connectivity index (χ0) is 27.4. The molecule has 4 rings (SSSR count). The highest BCUT2D eigenvalue weighted by atomic mass is 16.7. The summed E-state index contributed by atoms with van der Waals surface area (Å²) in [6.07, 6.45) is -6.70. The molecular formula is C26H32O12. The van der Waals surface area contributed by atoms with E-state index in [1.54, 1.807) is 48.5 Å². The van der Waals surface area contributed by atoms with Crippen molar-refractivity contribution in [3.05, 3.63) is 53.6 Å². The van der Waals surface area contributed by atoms with Crippen molar-refractivity contribution in [3.8, 4) is 17.2 Å². The molecule has 0 bridgehead atoms. The van der Waals surface area contributed by atoms with E-state index in [9.17, 15) is 35.7 Å². The molecule has 0 aromatic heterocycles. The van der Waals surface area contributed by atoms with Crippen molar-refractivity contribution in [2.45, 2.75) is 48.7 Å². The van der Waals surface area contributed by atoms with Crippen LogP contribution in [0.3, 0.4) is 0 Å². The van der Waals surface area contributed by atoms with Gasteiger partial charge in [0, 0.05) is 6.07 Å². The lowest BCUT2D eigenvalue weighted by molar-refractivity contribution is -0.289. The number of ether oxygens (including phenoxy) is 5. The van der Waals surface area contributed by atoms with E-state index in [4.69, 9.17) is 23.7 Å². The van der Waals surface area contributed by atoms with Crippen molar-refractivity contribution in [1.82, 2.24) is 0 Å². The van der Waals surface area contributed by atoms with Crippen LogP contribution in [0.2, 0.25) is 0 Å². The smallest absolute Gasteiger partial charge is 0.229 e. The molecule has 0 unspecified atom stereocenters. The third-order valence-electron chi connectivity index (χ3n) is 6.42. The van der Waals surface area contributed by atoms with Crippen LogP contribution in [0.25, 0.3) is 12.2 Å². The highest BCUT2D eigenvalue weighted by molar-refractivity contribution is 5.71. The van der Waals surface area contributed by atoms with E-state index in [1.165, 1.54) is 7.11 Å². The van der Waals surface area contributed by atoms with Gasteiger partial charge >= 0.3 is 0 Å². The number of aliphatic hydroxyl groups is 6. The zero-order valence-corrected chi connectivity index (χ0v) is 20.5. The van der Waals surface area contributed by atoms with Gasteiger partial charge in [0.25, 0.3) is 0 Å². The van der Waals surface area contributed by atoms with Crippen LogP contribution in [0.5, 0.6) is 17.2 Å². The third kappa shape index (κ3) is 6.26. The maximum absolute atomic E-state index is 10.5. The van der Waals surface area contributed by atoms with Crippen LogP contribution in [0, 0.1) is 0 Å². The van der Waals surface area contributed by atoms with E-state index in [0.29, 0.717) is 11.3 Å². The van der Waals surface area contributed by atoms with Gasteiger partial charge in [-0.2, -0.15) is 0 Å². The van der Waals surface area contributed by atoms with E-state index in [1.807, 2.05) is 6.08 Å². The molecule has 2 aliphatic heterocycles. The Balaban J connectivity index is 1.45. The number of hydrogen-bond acceptors (Lipinski definition) is 12. The minimum Gasteiger partial charge on any atom is -0.508 e. The fourth-order valence-electron chi connectivity index (χ4n) is 4.06. The number of rotatable bonds is 9. The molecule has 2 aliphatic rings. The van der Waals surface area contributed by atoms with Crippen LogP contribution < -0.4 is 9.47 Å². The predicted molar refractivity (Wildman–Crippen MR) is 131 cm³/mol. The van der Waals surface area contributed by atoms with Crippen LogP contribution in [0.4, 0.5) is 0 Å². The summed E-state index contributed by atoms with van der Waals surface area (Å²) in [6.45, 7) is -1.51. The standard InChI is InChI=1S/C26H32O12/c1-34-17-8-15(3-2-14-4-6-16(28)7-5-14)9-18(10-17)37-24-22(31)21(30)20(29)19(38-24)11-35-25-23(32)26(33,12-27)13-36-25/h2-10,19-25,27-33H,11-13H2,1H3/t19-,20-,21+,22-,23+,24-,25-,26-/m1/s1. The van der Waals surface area contributed by atoms with E-state index in [0.717, 1.165) is 5.56 Å². The van der Waals surface area contributed by atoms with Gasteiger partial charge in [-0.3, -0.25) is 0 Å². The van der Waals surface area contributed by atoms with E-state index >= 15 is 0 Å². The average molecular weight is 537 g/mol. The first-order valence-corrected chi connectivity index (χ1v) is 11.9. The summed E-state index contributed by atoms with van der Waals surface area (Å²) in [5.41, 5.74) is -0.367. The molecule has 0 saturated carbocycles. The van der Waals surface area contributed by atoms with Gasteiger partial charge in [0.1, 0.15) is 53.4 Å². The maximum Gasteiger partial charge on any atom is 0.229 e.